The fraction of sp³-hybridized carbons (Fsp3) is 0.364. The van der Waals surface area contributed by atoms with Crippen LogP contribution in [0.15, 0.2) is 9.85 Å². The molecule has 17 heavy (non-hydrogen) atoms. The van der Waals surface area contributed by atoms with Crippen molar-refractivity contribution in [3.8, 4) is 0 Å². The summed E-state index contributed by atoms with van der Waals surface area (Å²) in [6.45, 7) is 4.08. The molecule has 90 valence electrons. The second-order valence-corrected chi connectivity index (χ2v) is 5.82. The fourth-order valence-corrected chi connectivity index (χ4v) is 2.99. The largest absolute Gasteiger partial charge is 0.346 e. The maximum absolute atomic E-state index is 5.22. The van der Waals surface area contributed by atoms with Crippen LogP contribution in [0.1, 0.15) is 29.1 Å². The predicted molar refractivity (Wildman–Crippen MR) is 76.2 cm³/mol. The number of halogens is 1. The minimum Gasteiger partial charge on any atom is -0.346 e. The molecule has 2 aromatic rings. The van der Waals surface area contributed by atoms with Gasteiger partial charge in [-0.1, -0.05) is 19.1 Å². The number of nitrogens with zero attached hydrogens (tertiary/aromatic N) is 2. The molecule has 0 saturated heterocycles. The van der Waals surface area contributed by atoms with Crippen LogP contribution in [0, 0.1) is 11.6 Å². The first-order valence-corrected chi connectivity index (χ1v) is 7.36. The van der Waals surface area contributed by atoms with E-state index in [4.69, 9.17) is 12.2 Å². The molecule has 0 aliphatic heterocycles. The Morgan fingerprint density at radius 1 is 1.47 bits per heavy atom. The summed E-state index contributed by atoms with van der Waals surface area (Å²) in [6.07, 6.45) is 1.61. The highest BCUT2D eigenvalue weighted by Gasteiger charge is 2.07. The molecule has 0 spiro atoms. The van der Waals surface area contributed by atoms with E-state index < -0.39 is 0 Å². The second-order valence-electron chi connectivity index (χ2n) is 3.69. The van der Waals surface area contributed by atoms with Crippen LogP contribution in [0.25, 0.3) is 0 Å². The number of aromatic nitrogens is 3. The van der Waals surface area contributed by atoms with E-state index >= 15 is 0 Å². The lowest BCUT2D eigenvalue weighted by atomic mass is 10.3. The van der Waals surface area contributed by atoms with Gasteiger partial charge >= 0.3 is 0 Å². The molecule has 0 amide bonds. The summed E-state index contributed by atoms with van der Waals surface area (Å²) in [6, 6.07) is 0. The fourth-order valence-electron chi connectivity index (χ4n) is 1.51. The van der Waals surface area contributed by atoms with E-state index in [-0.39, 0.29) is 0 Å². The summed E-state index contributed by atoms with van der Waals surface area (Å²) in [5, 5.41) is 3.11. The van der Waals surface area contributed by atoms with Crippen molar-refractivity contribution in [2.24, 2.45) is 0 Å². The minimum atomic E-state index is 0.615. The van der Waals surface area contributed by atoms with Gasteiger partial charge in [0.2, 0.25) is 0 Å². The Morgan fingerprint density at radius 3 is 2.82 bits per heavy atom. The van der Waals surface area contributed by atoms with Crippen molar-refractivity contribution in [3.05, 3.63) is 36.7 Å². The summed E-state index contributed by atoms with van der Waals surface area (Å²) in [5.41, 5.74) is 2.14. The van der Waals surface area contributed by atoms with Crippen LogP contribution < -0.4 is 0 Å². The average Bonchev–Trinajstić information content (AvgIpc) is 2.69. The molecule has 0 aliphatic rings. The Hall–Kier alpha value is -0.590. The highest BCUT2D eigenvalue weighted by atomic mass is 79.9. The molecular weight excluding hydrogens is 318 g/mol. The minimum absolute atomic E-state index is 0.615. The van der Waals surface area contributed by atoms with Crippen LogP contribution in [-0.4, -0.2) is 15.0 Å². The average molecular weight is 330 g/mol. The smallest absolute Gasteiger partial charge is 0.144 e. The van der Waals surface area contributed by atoms with E-state index in [0.29, 0.717) is 11.1 Å². The number of hydrogen-bond donors (Lipinski definition) is 1. The van der Waals surface area contributed by atoms with E-state index in [1.54, 1.807) is 11.3 Å². The Labute approximate surface area is 117 Å². The molecule has 0 unspecified atom stereocenters. The van der Waals surface area contributed by atoms with Crippen molar-refractivity contribution in [2.45, 2.75) is 26.7 Å². The maximum Gasteiger partial charge on any atom is 0.144 e. The molecule has 0 saturated carbocycles. The molecule has 6 heteroatoms. The SMILES string of the molecule is CCc1[nH]c(Cc2nc(C)cs2)nc(=S)c1Br. The normalized spacial score (nSPS) is 10.8. The molecule has 2 aromatic heterocycles. The first-order valence-electron chi connectivity index (χ1n) is 5.28. The van der Waals surface area contributed by atoms with Gasteiger partial charge < -0.3 is 4.98 Å². The van der Waals surface area contributed by atoms with E-state index in [2.05, 4.69) is 37.8 Å². The third-order valence-corrected chi connectivity index (χ3v) is 4.70. The Bertz CT molecular complexity index is 589. The zero-order valence-electron chi connectivity index (χ0n) is 9.58. The third kappa shape index (κ3) is 3.00. The molecule has 2 heterocycles. The number of aromatic amines is 1. The lowest BCUT2D eigenvalue weighted by Crippen LogP contribution is -2.01. The first-order chi connectivity index (χ1) is 8.10. The van der Waals surface area contributed by atoms with Crippen molar-refractivity contribution in [3.63, 3.8) is 0 Å². The monoisotopic (exact) mass is 329 g/mol. The molecule has 0 atom stereocenters. The number of rotatable bonds is 3. The summed E-state index contributed by atoms with van der Waals surface area (Å²) < 4.78 is 1.51. The Balaban J connectivity index is 2.33. The standard InChI is InChI=1S/C11H12BrN3S2/c1-3-7-10(12)11(16)15-8(14-7)4-9-13-6(2)5-17-9/h5H,3-4H2,1-2H3,(H,14,15,16). The third-order valence-electron chi connectivity index (χ3n) is 2.32. The maximum atomic E-state index is 5.22. The van der Waals surface area contributed by atoms with Gasteiger partial charge in [0.1, 0.15) is 15.5 Å². The van der Waals surface area contributed by atoms with Gasteiger partial charge in [-0.3, -0.25) is 0 Å². The van der Waals surface area contributed by atoms with Crippen LogP contribution in [0.5, 0.6) is 0 Å². The Kier molecular flexibility index (Phi) is 4.06. The summed E-state index contributed by atoms with van der Waals surface area (Å²) in [7, 11) is 0. The van der Waals surface area contributed by atoms with Gasteiger partial charge in [-0.2, -0.15) is 0 Å². The lowest BCUT2D eigenvalue weighted by Gasteiger charge is -2.05. The van der Waals surface area contributed by atoms with E-state index in [9.17, 15) is 0 Å². The molecule has 1 N–H and O–H groups in total. The van der Waals surface area contributed by atoms with Gasteiger partial charge in [0.05, 0.1) is 10.9 Å². The zero-order chi connectivity index (χ0) is 12.4. The van der Waals surface area contributed by atoms with Crippen LogP contribution in [0.2, 0.25) is 0 Å². The van der Waals surface area contributed by atoms with Gasteiger partial charge in [0.15, 0.2) is 0 Å². The quantitative estimate of drug-likeness (QED) is 0.870. The molecule has 0 fully saturated rings. The predicted octanol–water partition coefficient (Wildman–Crippen LogP) is 3.82. The molecule has 2 rings (SSSR count). The number of nitrogens with one attached hydrogen (secondary N) is 1. The highest BCUT2D eigenvalue weighted by Crippen LogP contribution is 2.18. The molecule has 0 aromatic carbocycles. The van der Waals surface area contributed by atoms with Crippen molar-refractivity contribution in [1.29, 1.82) is 0 Å². The number of hydrogen-bond acceptors (Lipinski definition) is 4. The lowest BCUT2D eigenvalue weighted by molar-refractivity contribution is 0.883. The van der Waals surface area contributed by atoms with E-state index in [1.165, 1.54) is 0 Å². The van der Waals surface area contributed by atoms with Crippen molar-refractivity contribution in [2.75, 3.05) is 0 Å². The summed E-state index contributed by atoms with van der Waals surface area (Å²) >= 11 is 10.3. The second kappa shape index (κ2) is 5.37. The van der Waals surface area contributed by atoms with Crippen LogP contribution >= 0.6 is 39.5 Å². The van der Waals surface area contributed by atoms with Crippen molar-refractivity contribution < 1.29 is 0 Å². The molecule has 3 nitrogen and oxygen atoms in total. The summed E-state index contributed by atoms with van der Waals surface area (Å²) in [5.74, 6) is 0.879. The van der Waals surface area contributed by atoms with Crippen LogP contribution in [0.3, 0.4) is 0 Å². The number of aryl methyl sites for hydroxylation is 2. The number of H-pyrrole nitrogens is 1. The van der Waals surface area contributed by atoms with E-state index in [0.717, 1.165) is 33.1 Å². The highest BCUT2D eigenvalue weighted by molar-refractivity contribution is 9.10. The van der Waals surface area contributed by atoms with Crippen LogP contribution in [0.4, 0.5) is 0 Å². The van der Waals surface area contributed by atoms with Gasteiger partial charge in [-0.05, 0) is 29.3 Å². The first kappa shape index (κ1) is 12.9. The van der Waals surface area contributed by atoms with E-state index in [1.807, 2.05) is 12.3 Å². The molecule has 0 aliphatic carbocycles. The van der Waals surface area contributed by atoms with Crippen molar-refractivity contribution >= 4 is 39.5 Å². The zero-order valence-corrected chi connectivity index (χ0v) is 12.8. The molecule has 0 bridgehead atoms. The molecule has 0 radical (unpaired) electrons. The van der Waals surface area contributed by atoms with Gasteiger partial charge in [0.25, 0.3) is 0 Å². The van der Waals surface area contributed by atoms with Gasteiger partial charge in [0, 0.05) is 16.8 Å². The summed E-state index contributed by atoms with van der Waals surface area (Å²) in [4.78, 5) is 12.1. The molecular formula is C11H12BrN3S2. The van der Waals surface area contributed by atoms with Crippen molar-refractivity contribution in [1.82, 2.24) is 15.0 Å². The topological polar surface area (TPSA) is 41.6 Å². The van der Waals surface area contributed by atoms with Crippen LogP contribution in [-0.2, 0) is 12.8 Å². The van der Waals surface area contributed by atoms with Gasteiger partial charge in [-0.25, -0.2) is 9.97 Å². The Morgan fingerprint density at radius 2 is 2.24 bits per heavy atom. The number of thiazole rings is 1. The van der Waals surface area contributed by atoms with Gasteiger partial charge in [-0.15, -0.1) is 11.3 Å².